The lowest BCUT2D eigenvalue weighted by Gasteiger charge is -1.84. The molecule has 2 saturated carbocycles. The van der Waals surface area contributed by atoms with Crippen LogP contribution in [0.3, 0.4) is 0 Å². The van der Waals surface area contributed by atoms with E-state index in [0.29, 0.717) is 0 Å². The van der Waals surface area contributed by atoms with Crippen LogP contribution in [0, 0.1) is 11.8 Å². The molecule has 38 valence electrons. The van der Waals surface area contributed by atoms with Gasteiger partial charge in [-0.1, -0.05) is 18.6 Å². The van der Waals surface area contributed by atoms with Crippen molar-refractivity contribution < 1.29 is 0 Å². The molecule has 2 atom stereocenters. The molecular weight excluding hydrogens is 84.1 g/mol. The molecule has 0 aromatic rings. The van der Waals surface area contributed by atoms with E-state index in [1.54, 1.807) is 5.57 Å². The molecule has 2 aliphatic rings. The summed E-state index contributed by atoms with van der Waals surface area (Å²) in [5, 5.41) is 0. The van der Waals surface area contributed by atoms with E-state index in [4.69, 9.17) is 0 Å². The van der Waals surface area contributed by atoms with Crippen molar-refractivity contribution in [1.82, 2.24) is 0 Å². The van der Waals surface area contributed by atoms with Gasteiger partial charge in [-0.05, 0) is 24.7 Å². The highest BCUT2D eigenvalue weighted by molar-refractivity contribution is 5.28. The Morgan fingerprint density at radius 1 is 1.29 bits per heavy atom. The highest BCUT2D eigenvalue weighted by atomic mass is 14.5. The summed E-state index contributed by atoms with van der Waals surface area (Å²) < 4.78 is 0. The Balaban J connectivity index is 2.19. The average molecular weight is 94.2 g/mol. The number of allylic oxidation sites excluding steroid dienone is 1. The minimum absolute atomic E-state index is 0.986. The van der Waals surface area contributed by atoms with Gasteiger partial charge in [-0.15, -0.1) is 0 Å². The molecule has 0 bridgehead atoms. The van der Waals surface area contributed by atoms with Crippen LogP contribution in [0.4, 0.5) is 0 Å². The maximum atomic E-state index is 3.95. The van der Waals surface area contributed by atoms with Gasteiger partial charge in [0.2, 0.25) is 0 Å². The number of hydrogen-bond donors (Lipinski definition) is 0. The Hall–Kier alpha value is -0.260. The van der Waals surface area contributed by atoms with Gasteiger partial charge in [0, 0.05) is 0 Å². The van der Waals surface area contributed by atoms with E-state index in [9.17, 15) is 0 Å². The first-order valence-electron chi connectivity index (χ1n) is 3.08. The van der Waals surface area contributed by atoms with Gasteiger partial charge in [0.25, 0.3) is 0 Å². The second-order valence-corrected chi connectivity index (χ2v) is 2.72. The molecule has 0 N–H and O–H groups in total. The van der Waals surface area contributed by atoms with Crippen molar-refractivity contribution in [1.29, 1.82) is 0 Å². The molecule has 0 amide bonds. The van der Waals surface area contributed by atoms with E-state index in [0.717, 1.165) is 11.8 Å². The second-order valence-electron chi connectivity index (χ2n) is 2.72. The Morgan fingerprint density at radius 3 is 2.14 bits per heavy atom. The van der Waals surface area contributed by atoms with E-state index in [-0.39, 0.29) is 0 Å². The maximum Gasteiger partial charge on any atom is -0.0137 e. The van der Waals surface area contributed by atoms with Gasteiger partial charge < -0.3 is 0 Å². The molecule has 0 aromatic carbocycles. The zero-order valence-corrected chi connectivity index (χ0v) is 4.48. The molecule has 2 aliphatic carbocycles. The van der Waals surface area contributed by atoms with Crippen molar-refractivity contribution in [2.24, 2.45) is 11.8 Å². The number of rotatable bonds is 0. The van der Waals surface area contributed by atoms with Gasteiger partial charge in [0.05, 0.1) is 0 Å². The molecule has 0 heteroatoms. The Bertz CT molecular complexity index is 101. The minimum atomic E-state index is 0.986. The smallest absolute Gasteiger partial charge is 0.0137 e. The molecule has 0 aromatic heterocycles. The van der Waals surface area contributed by atoms with Gasteiger partial charge in [0.1, 0.15) is 0 Å². The van der Waals surface area contributed by atoms with Crippen LogP contribution in [-0.2, 0) is 0 Å². The third-order valence-corrected chi connectivity index (χ3v) is 2.36. The van der Waals surface area contributed by atoms with Crippen LogP contribution in [0.5, 0.6) is 0 Å². The molecule has 2 rings (SSSR count). The van der Waals surface area contributed by atoms with Crippen LogP contribution in [-0.4, -0.2) is 0 Å². The van der Waals surface area contributed by atoms with E-state index < -0.39 is 0 Å². The summed E-state index contributed by atoms with van der Waals surface area (Å²) in [4.78, 5) is 0. The first-order valence-corrected chi connectivity index (χ1v) is 3.08. The van der Waals surface area contributed by atoms with Crippen molar-refractivity contribution in [3.05, 3.63) is 12.2 Å². The zero-order valence-electron chi connectivity index (χ0n) is 4.48. The van der Waals surface area contributed by atoms with E-state index in [2.05, 4.69) is 6.58 Å². The second kappa shape index (κ2) is 0.936. The van der Waals surface area contributed by atoms with Gasteiger partial charge >= 0.3 is 0 Å². The predicted molar refractivity (Wildman–Crippen MR) is 30.0 cm³/mol. The monoisotopic (exact) mass is 94.1 g/mol. The Kier molecular flexibility index (Phi) is 0.495. The fourth-order valence-corrected chi connectivity index (χ4v) is 1.78. The highest BCUT2D eigenvalue weighted by Crippen LogP contribution is 2.55. The molecule has 2 fully saturated rings. The average Bonchev–Trinajstić information content (AvgIpc) is 2.26. The summed E-state index contributed by atoms with van der Waals surface area (Å²) in [5.41, 5.74) is 1.55. The van der Waals surface area contributed by atoms with Crippen LogP contribution >= 0.6 is 0 Å². The lowest BCUT2D eigenvalue weighted by molar-refractivity contribution is 0.794. The normalized spacial score (nSPS) is 46.6. The fraction of sp³-hybridized carbons (Fsp3) is 0.714. The fourth-order valence-electron chi connectivity index (χ4n) is 1.78. The van der Waals surface area contributed by atoms with Crippen molar-refractivity contribution in [2.45, 2.75) is 19.3 Å². The Labute approximate surface area is 44.2 Å². The molecule has 0 aliphatic heterocycles. The van der Waals surface area contributed by atoms with Gasteiger partial charge in [-0.25, -0.2) is 0 Å². The third-order valence-electron chi connectivity index (χ3n) is 2.36. The van der Waals surface area contributed by atoms with Gasteiger partial charge in [-0.2, -0.15) is 0 Å². The molecule has 0 unspecified atom stereocenters. The van der Waals surface area contributed by atoms with Crippen LogP contribution in [0.15, 0.2) is 12.2 Å². The molecule has 7 heavy (non-hydrogen) atoms. The first-order chi connectivity index (χ1) is 3.39. The lowest BCUT2D eigenvalue weighted by atomic mass is 10.2. The summed E-state index contributed by atoms with van der Waals surface area (Å²) in [6.07, 6.45) is 4.36. The SMILES string of the molecule is C=C1[C@H]2CCC[C@@H]12. The molecule has 0 spiro atoms. The largest absolute Gasteiger partial charge is 0.0993 e. The van der Waals surface area contributed by atoms with Crippen LogP contribution < -0.4 is 0 Å². The maximum absolute atomic E-state index is 3.95. The van der Waals surface area contributed by atoms with Gasteiger partial charge in [-0.3, -0.25) is 0 Å². The lowest BCUT2D eigenvalue weighted by Crippen LogP contribution is -1.67. The van der Waals surface area contributed by atoms with Crippen molar-refractivity contribution >= 4 is 0 Å². The summed E-state index contributed by atoms with van der Waals surface area (Å²) >= 11 is 0. The summed E-state index contributed by atoms with van der Waals surface area (Å²) in [7, 11) is 0. The quantitative estimate of drug-likeness (QED) is 0.402. The number of hydrogen-bond acceptors (Lipinski definition) is 0. The molecule has 0 radical (unpaired) electrons. The summed E-state index contributed by atoms with van der Waals surface area (Å²) in [5.74, 6) is 1.97. The highest BCUT2D eigenvalue weighted by Gasteiger charge is 2.45. The van der Waals surface area contributed by atoms with Crippen LogP contribution in [0.1, 0.15) is 19.3 Å². The Morgan fingerprint density at radius 2 is 1.86 bits per heavy atom. The van der Waals surface area contributed by atoms with Gasteiger partial charge in [0.15, 0.2) is 0 Å². The summed E-state index contributed by atoms with van der Waals surface area (Å²) in [6.45, 7) is 3.95. The van der Waals surface area contributed by atoms with Crippen molar-refractivity contribution in [3.8, 4) is 0 Å². The number of fused-ring (bicyclic) bond motifs is 1. The molecular formula is C7H10. The van der Waals surface area contributed by atoms with Crippen LogP contribution in [0.25, 0.3) is 0 Å². The van der Waals surface area contributed by atoms with E-state index in [1.807, 2.05) is 0 Å². The van der Waals surface area contributed by atoms with E-state index in [1.165, 1.54) is 19.3 Å². The molecule has 0 heterocycles. The minimum Gasteiger partial charge on any atom is -0.0993 e. The third kappa shape index (κ3) is 0.324. The molecule has 0 saturated heterocycles. The standard InChI is InChI=1S/C7H10/c1-5-6-3-2-4-7(5)6/h6-7H,1-4H2/t6-,7+. The van der Waals surface area contributed by atoms with Crippen molar-refractivity contribution in [3.63, 3.8) is 0 Å². The van der Waals surface area contributed by atoms with E-state index >= 15 is 0 Å². The zero-order chi connectivity index (χ0) is 4.85. The molecule has 0 nitrogen and oxygen atoms in total. The predicted octanol–water partition coefficient (Wildman–Crippen LogP) is 1.97. The first kappa shape index (κ1) is 3.71. The van der Waals surface area contributed by atoms with Crippen LogP contribution in [0.2, 0.25) is 0 Å². The summed E-state index contributed by atoms with van der Waals surface area (Å²) in [6, 6.07) is 0. The topological polar surface area (TPSA) is 0 Å². The van der Waals surface area contributed by atoms with Crippen molar-refractivity contribution in [2.75, 3.05) is 0 Å².